The summed E-state index contributed by atoms with van der Waals surface area (Å²) in [6.45, 7) is 0.00699. The lowest BCUT2D eigenvalue weighted by Gasteiger charge is -2.14. The molecule has 0 aliphatic rings. The molecule has 156 valence electrons. The SMILES string of the molecule is Nc1nc(C(=O)NCc2cnccn2)nc2c(C(F)(F)F)cc(-c3ccccc3)cc12. The van der Waals surface area contributed by atoms with Gasteiger partial charge in [-0.25, -0.2) is 9.97 Å². The number of aromatic nitrogens is 4. The standard InChI is InChI=1S/C21H15F3N6O/c22-21(23,24)16-9-13(12-4-2-1-3-5-12)8-15-17(16)29-19(30-18(15)25)20(31)28-11-14-10-26-6-7-27-14/h1-10H,11H2,(H,28,31)(H2,25,29,30). The molecule has 0 spiro atoms. The summed E-state index contributed by atoms with van der Waals surface area (Å²) in [4.78, 5) is 28.1. The van der Waals surface area contributed by atoms with Gasteiger partial charge in [0.05, 0.1) is 29.5 Å². The van der Waals surface area contributed by atoms with Crippen LogP contribution in [-0.2, 0) is 12.7 Å². The maximum atomic E-state index is 13.8. The lowest BCUT2D eigenvalue weighted by Crippen LogP contribution is -2.26. The molecule has 0 saturated carbocycles. The van der Waals surface area contributed by atoms with Gasteiger partial charge in [0.1, 0.15) is 5.82 Å². The van der Waals surface area contributed by atoms with Crippen molar-refractivity contribution in [3.63, 3.8) is 0 Å². The normalized spacial score (nSPS) is 11.5. The highest BCUT2D eigenvalue weighted by Crippen LogP contribution is 2.38. The topological polar surface area (TPSA) is 107 Å². The highest BCUT2D eigenvalue weighted by atomic mass is 19.4. The summed E-state index contributed by atoms with van der Waals surface area (Å²) in [5.41, 5.74) is 5.87. The van der Waals surface area contributed by atoms with Gasteiger partial charge in [-0.15, -0.1) is 0 Å². The average Bonchev–Trinajstić information content (AvgIpc) is 2.77. The molecular weight excluding hydrogens is 409 g/mol. The molecule has 0 aliphatic carbocycles. The number of halogens is 3. The van der Waals surface area contributed by atoms with E-state index in [4.69, 9.17) is 5.73 Å². The molecule has 2 heterocycles. The summed E-state index contributed by atoms with van der Waals surface area (Å²) >= 11 is 0. The highest BCUT2D eigenvalue weighted by molar-refractivity contribution is 5.98. The number of amides is 1. The van der Waals surface area contributed by atoms with E-state index in [1.165, 1.54) is 24.7 Å². The first-order valence-electron chi connectivity index (χ1n) is 9.10. The Kier molecular flexibility index (Phi) is 5.20. The molecule has 31 heavy (non-hydrogen) atoms. The second kappa shape index (κ2) is 7.98. The predicted molar refractivity (Wildman–Crippen MR) is 108 cm³/mol. The minimum absolute atomic E-state index is 0.00699. The lowest BCUT2D eigenvalue weighted by atomic mass is 9.99. The molecule has 3 N–H and O–H groups in total. The van der Waals surface area contributed by atoms with Crippen LogP contribution in [0.1, 0.15) is 21.9 Å². The molecule has 0 fully saturated rings. The van der Waals surface area contributed by atoms with E-state index in [1.54, 1.807) is 30.3 Å². The lowest BCUT2D eigenvalue weighted by molar-refractivity contribution is -0.136. The van der Waals surface area contributed by atoms with Crippen molar-refractivity contribution in [1.82, 2.24) is 25.3 Å². The second-order valence-electron chi connectivity index (χ2n) is 6.60. The van der Waals surface area contributed by atoms with Gasteiger partial charge in [0.15, 0.2) is 0 Å². The molecular formula is C21H15F3N6O. The number of carbonyl (C=O) groups excluding carboxylic acids is 1. The highest BCUT2D eigenvalue weighted by Gasteiger charge is 2.35. The number of nitrogens with one attached hydrogen (secondary N) is 1. The monoisotopic (exact) mass is 424 g/mol. The summed E-state index contributed by atoms with van der Waals surface area (Å²) in [7, 11) is 0. The molecule has 2 aromatic heterocycles. The summed E-state index contributed by atoms with van der Waals surface area (Å²) in [6, 6.07) is 11.0. The summed E-state index contributed by atoms with van der Waals surface area (Å²) in [6.07, 6.45) is -0.341. The van der Waals surface area contributed by atoms with E-state index in [-0.39, 0.29) is 17.7 Å². The van der Waals surface area contributed by atoms with Gasteiger partial charge in [-0.05, 0) is 23.3 Å². The molecule has 0 bridgehead atoms. The maximum Gasteiger partial charge on any atom is 0.418 e. The van der Waals surface area contributed by atoms with Gasteiger partial charge >= 0.3 is 6.18 Å². The molecule has 1 amide bonds. The van der Waals surface area contributed by atoms with Crippen LogP contribution in [0.4, 0.5) is 19.0 Å². The molecule has 4 aromatic rings. The maximum absolute atomic E-state index is 13.8. The fraction of sp³-hybridized carbons (Fsp3) is 0.0952. The van der Waals surface area contributed by atoms with Gasteiger partial charge in [0, 0.05) is 17.8 Å². The molecule has 10 heteroatoms. The van der Waals surface area contributed by atoms with Crippen molar-refractivity contribution in [2.45, 2.75) is 12.7 Å². The second-order valence-corrected chi connectivity index (χ2v) is 6.60. The van der Waals surface area contributed by atoms with Crippen molar-refractivity contribution in [2.24, 2.45) is 0 Å². The largest absolute Gasteiger partial charge is 0.418 e. The number of carbonyl (C=O) groups is 1. The molecule has 2 aromatic carbocycles. The van der Waals surface area contributed by atoms with Crippen LogP contribution >= 0.6 is 0 Å². The number of benzene rings is 2. The van der Waals surface area contributed by atoms with E-state index >= 15 is 0 Å². The van der Waals surface area contributed by atoms with E-state index in [2.05, 4.69) is 25.3 Å². The van der Waals surface area contributed by atoms with Crippen molar-refractivity contribution in [1.29, 1.82) is 0 Å². The molecule has 0 atom stereocenters. The predicted octanol–water partition coefficient (Wildman–Crippen LogP) is 3.62. The Bertz CT molecular complexity index is 1250. The Morgan fingerprint density at radius 2 is 1.81 bits per heavy atom. The summed E-state index contributed by atoms with van der Waals surface area (Å²) < 4.78 is 41.5. The third-order valence-corrected chi connectivity index (χ3v) is 4.49. The Balaban J connectivity index is 1.77. The molecule has 0 unspecified atom stereocenters. The van der Waals surface area contributed by atoms with Crippen LogP contribution in [0.3, 0.4) is 0 Å². The van der Waals surface area contributed by atoms with Crippen LogP contribution in [0.2, 0.25) is 0 Å². The number of nitrogens with zero attached hydrogens (tertiary/aromatic N) is 4. The van der Waals surface area contributed by atoms with E-state index in [0.717, 1.165) is 6.07 Å². The van der Waals surface area contributed by atoms with E-state index in [0.29, 0.717) is 16.8 Å². The number of anilines is 1. The van der Waals surface area contributed by atoms with Crippen LogP contribution in [0, 0.1) is 0 Å². The Hall–Kier alpha value is -4.08. The van der Waals surface area contributed by atoms with E-state index in [9.17, 15) is 18.0 Å². The molecule has 0 saturated heterocycles. The van der Waals surface area contributed by atoms with Crippen molar-refractivity contribution >= 4 is 22.6 Å². The number of hydrogen-bond donors (Lipinski definition) is 2. The van der Waals surface area contributed by atoms with E-state index in [1.807, 2.05) is 0 Å². The first kappa shape index (κ1) is 20.2. The fourth-order valence-corrected chi connectivity index (χ4v) is 3.04. The fourth-order valence-electron chi connectivity index (χ4n) is 3.04. The Morgan fingerprint density at radius 3 is 2.48 bits per heavy atom. The van der Waals surface area contributed by atoms with Gasteiger partial charge < -0.3 is 11.1 Å². The van der Waals surface area contributed by atoms with Crippen LogP contribution in [0.15, 0.2) is 61.1 Å². The third kappa shape index (κ3) is 4.27. The van der Waals surface area contributed by atoms with Gasteiger partial charge in [-0.3, -0.25) is 14.8 Å². The zero-order chi connectivity index (χ0) is 22.0. The van der Waals surface area contributed by atoms with Crippen molar-refractivity contribution in [3.8, 4) is 11.1 Å². The van der Waals surface area contributed by atoms with E-state index < -0.39 is 29.0 Å². The number of fused-ring (bicyclic) bond motifs is 1. The smallest absolute Gasteiger partial charge is 0.383 e. The van der Waals surface area contributed by atoms with Crippen LogP contribution in [0.5, 0.6) is 0 Å². The van der Waals surface area contributed by atoms with Crippen molar-refractivity contribution in [2.75, 3.05) is 5.73 Å². The zero-order valence-electron chi connectivity index (χ0n) is 15.9. The summed E-state index contributed by atoms with van der Waals surface area (Å²) in [5, 5.41) is 2.51. The van der Waals surface area contributed by atoms with Crippen molar-refractivity contribution < 1.29 is 18.0 Å². The minimum Gasteiger partial charge on any atom is -0.383 e. The number of alkyl halides is 3. The summed E-state index contributed by atoms with van der Waals surface area (Å²) in [5.74, 6) is -1.47. The van der Waals surface area contributed by atoms with Crippen LogP contribution < -0.4 is 11.1 Å². The first-order valence-corrected chi connectivity index (χ1v) is 9.10. The third-order valence-electron chi connectivity index (χ3n) is 4.49. The number of hydrogen-bond acceptors (Lipinski definition) is 6. The average molecular weight is 424 g/mol. The molecule has 0 aliphatic heterocycles. The number of rotatable bonds is 4. The van der Waals surface area contributed by atoms with Gasteiger partial charge in [-0.1, -0.05) is 30.3 Å². The number of nitrogen functional groups attached to an aromatic ring is 1. The van der Waals surface area contributed by atoms with Gasteiger partial charge in [0.2, 0.25) is 5.82 Å². The minimum atomic E-state index is -4.71. The molecule has 7 nitrogen and oxygen atoms in total. The first-order chi connectivity index (χ1) is 14.8. The zero-order valence-corrected chi connectivity index (χ0v) is 15.9. The Labute approximate surface area is 174 Å². The van der Waals surface area contributed by atoms with Crippen LogP contribution in [0.25, 0.3) is 22.0 Å². The van der Waals surface area contributed by atoms with Gasteiger partial charge in [0.25, 0.3) is 5.91 Å². The van der Waals surface area contributed by atoms with Crippen molar-refractivity contribution in [3.05, 3.63) is 78.1 Å². The van der Waals surface area contributed by atoms with Gasteiger partial charge in [-0.2, -0.15) is 13.2 Å². The Morgan fingerprint density at radius 1 is 1.03 bits per heavy atom. The molecule has 0 radical (unpaired) electrons. The van der Waals surface area contributed by atoms with Crippen LogP contribution in [-0.4, -0.2) is 25.8 Å². The quantitative estimate of drug-likeness (QED) is 0.518. The number of nitrogens with two attached hydrogens (primary N) is 1. The molecule has 4 rings (SSSR count).